The van der Waals surface area contributed by atoms with Gasteiger partial charge in [0.25, 0.3) is 0 Å². The van der Waals surface area contributed by atoms with E-state index in [-0.39, 0.29) is 47.5 Å². The maximum atomic E-state index is 13.8. The van der Waals surface area contributed by atoms with Gasteiger partial charge in [-0.3, -0.25) is 14.4 Å². The number of carbonyl (C=O) groups excluding carboxylic acids is 3. The third-order valence-electron chi connectivity index (χ3n) is 8.02. The van der Waals surface area contributed by atoms with Gasteiger partial charge < -0.3 is 40.3 Å². The second-order valence-corrected chi connectivity index (χ2v) is 10.4. The first kappa shape index (κ1) is 26.4. The molecule has 206 valence electrons. The molecule has 2 saturated carbocycles. The number of aromatic hydroxyl groups is 1. The van der Waals surface area contributed by atoms with Crippen LogP contribution in [-0.4, -0.2) is 77.0 Å². The number of aliphatic hydroxyl groups excluding tert-OH is 2. The number of ketones is 2. The molecule has 5 rings (SSSR count). The minimum Gasteiger partial charge on any atom is -0.507 e. The van der Waals surface area contributed by atoms with E-state index in [1.165, 1.54) is 13.3 Å². The van der Waals surface area contributed by atoms with E-state index in [0.717, 1.165) is 0 Å². The highest BCUT2D eigenvalue weighted by Gasteiger charge is 2.64. The van der Waals surface area contributed by atoms with Crippen LogP contribution < -0.4 is 10.6 Å². The number of furan rings is 1. The van der Waals surface area contributed by atoms with Crippen molar-refractivity contribution in [1.82, 2.24) is 0 Å². The zero-order chi connectivity index (χ0) is 28.4. The molecule has 3 aliphatic carbocycles. The van der Waals surface area contributed by atoms with Gasteiger partial charge in [-0.15, -0.1) is 0 Å². The van der Waals surface area contributed by atoms with Crippen LogP contribution in [0.25, 0.3) is 17.1 Å². The number of primary amides is 1. The third-order valence-corrected chi connectivity index (χ3v) is 8.02. The summed E-state index contributed by atoms with van der Waals surface area (Å²) < 4.78 is 5.76. The molecule has 2 fully saturated rings. The summed E-state index contributed by atoms with van der Waals surface area (Å²) in [6.45, 7) is 0. The molecule has 1 aromatic heterocycles. The van der Waals surface area contributed by atoms with Crippen molar-refractivity contribution in [2.75, 3.05) is 26.1 Å². The predicted octanol–water partition coefficient (Wildman–Crippen LogP) is 0.895. The van der Waals surface area contributed by atoms with Crippen molar-refractivity contribution >= 4 is 35.1 Å². The number of hydrogen-bond donors (Lipinski definition) is 5. The van der Waals surface area contributed by atoms with Gasteiger partial charge in [0.05, 0.1) is 17.2 Å². The van der Waals surface area contributed by atoms with Crippen LogP contribution in [0.15, 0.2) is 33.3 Å². The van der Waals surface area contributed by atoms with Gasteiger partial charge in [-0.1, -0.05) is 5.16 Å². The summed E-state index contributed by atoms with van der Waals surface area (Å²) in [7, 11) is 4.96. The highest BCUT2D eigenvalue weighted by molar-refractivity contribution is 6.24. The van der Waals surface area contributed by atoms with Crippen LogP contribution in [-0.2, 0) is 25.6 Å². The highest BCUT2D eigenvalue weighted by Crippen LogP contribution is 2.54. The van der Waals surface area contributed by atoms with Gasteiger partial charge in [0.15, 0.2) is 11.4 Å². The molecule has 1 heterocycles. The number of oxime groups is 1. The number of phenolic OH excluding ortho intramolecular Hbond substituents is 1. The Labute approximate surface area is 223 Å². The second kappa shape index (κ2) is 9.24. The van der Waals surface area contributed by atoms with E-state index in [2.05, 4.69) is 9.99 Å². The summed E-state index contributed by atoms with van der Waals surface area (Å²) in [6, 6.07) is 4.91. The molecule has 2 aromatic rings. The Kier molecular flexibility index (Phi) is 6.27. The molecule has 12 heteroatoms. The molecule has 0 bridgehead atoms. The number of fused-ring (bicyclic) bond motifs is 3. The number of carbonyl (C=O) groups is 3. The van der Waals surface area contributed by atoms with E-state index in [9.17, 15) is 34.8 Å². The van der Waals surface area contributed by atoms with Crippen molar-refractivity contribution in [3.05, 3.63) is 40.7 Å². The van der Waals surface area contributed by atoms with Crippen molar-refractivity contribution in [3.63, 3.8) is 0 Å². The van der Waals surface area contributed by atoms with Crippen LogP contribution in [0.5, 0.6) is 5.75 Å². The van der Waals surface area contributed by atoms with Crippen LogP contribution in [0.2, 0.25) is 0 Å². The van der Waals surface area contributed by atoms with E-state index >= 15 is 0 Å². The van der Waals surface area contributed by atoms with Crippen LogP contribution in [0.1, 0.15) is 29.7 Å². The molecule has 2 unspecified atom stereocenters. The van der Waals surface area contributed by atoms with E-state index in [1.807, 2.05) is 0 Å². The quantitative estimate of drug-likeness (QED) is 0.207. The van der Waals surface area contributed by atoms with Crippen molar-refractivity contribution in [2.24, 2.45) is 28.6 Å². The summed E-state index contributed by atoms with van der Waals surface area (Å²) in [5, 5.41) is 48.3. The monoisotopic (exact) mass is 539 g/mol. The first-order chi connectivity index (χ1) is 18.4. The Morgan fingerprint density at radius 3 is 2.62 bits per heavy atom. The molecule has 6 N–H and O–H groups in total. The number of nitrogens with zero attached hydrogens (tertiary/aromatic N) is 2. The number of nitrogens with two attached hydrogens (primary N) is 1. The Bertz CT molecular complexity index is 1460. The summed E-state index contributed by atoms with van der Waals surface area (Å²) in [5.41, 5.74) is 3.88. The van der Waals surface area contributed by atoms with Gasteiger partial charge in [0.2, 0.25) is 11.7 Å². The van der Waals surface area contributed by atoms with E-state index in [0.29, 0.717) is 17.0 Å². The number of phenols is 1. The van der Waals surface area contributed by atoms with Crippen LogP contribution >= 0.6 is 0 Å². The molecular formula is C27H29N3O9. The van der Waals surface area contributed by atoms with Crippen molar-refractivity contribution in [1.29, 1.82) is 0 Å². The van der Waals surface area contributed by atoms with Gasteiger partial charge in [0.1, 0.15) is 42.3 Å². The minimum atomic E-state index is -2.63. The standard InChI is InChI=1S/C27H29N3O9/c1-30(2)16-9-15(18-5-4-13(39-18)10-29-38-3)22(32)20-14(16)7-11-6-12-8-17(31)21(26(28)36)25(35)27(12,37)24(34)19(11)23(20)33/h4-5,9-12,17,21,31-33,37H,6-8H2,1-3H3,(H2,28,36)/b29-10+/t11-,12+,17?,21?,27+/m1/s1. The second-order valence-electron chi connectivity index (χ2n) is 10.4. The molecule has 0 aliphatic heterocycles. The number of Topliss-reactive ketones (excluding diaryl/α,β-unsaturated/α-hetero) is 2. The molecule has 39 heavy (non-hydrogen) atoms. The van der Waals surface area contributed by atoms with E-state index in [1.54, 1.807) is 37.2 Å². The first-order valence-corrected chi connectivity index (χ1v) is 12.4. The number of rotatable bonds is 5. The first-order valence-electron chi connectivity index (χ1n) is 12.4. The maximum absolute atomic E-state index is 13.8. The smallest absolute Gasteiger partial charge is 0.230 e. The zero-order valence-corrected chi connectivity index (χ0v) is 21.5. The van der Waals surface area contributed by atoms with Crippen LogP contribution in [0, 0.1) is 17.8 Å². The van der Waals surface area contributed by atoms with Gasteiger partial charge in [-0.2, -0.15) is 0 Å². The fraction of sp³-hybridized carbons (Fsp3) is 0.407. The minimum absolute atomic E-state index is 0.0175. The molecule has 0 radical (unpaired) electrons. The average molecular weight is 540 g/mol. The number of amides is 1. The fourth-order valence-corrected chi connectivity index (χ4v) is 6.23. The molecule has 1 amide bonds. The summed E-state index contributed by atoms with van der Waals surface area (Å²) >= 11 is 0. The summed E-state index contributed by atoms with van der Waals surface area (Å²) in [5.74, 6) is -7.03. The topological polar surface area (TPSA) is 196 Å². The Morgan fingerprint density at radius 1 is 1.26 bits per heavy atom. The molecule has 12 nitrogen and oxygen atoms in total. The van der Waals surface area contributed by atoms with E-state index < -0.39 is 52.7 Å². The number of benzene rings is 1. The number of hydrogen-bond acceptors (Lipinski definition) is 11. The number of anilines is 1. The Morgan fingerprint density at radius 2 is 1.97 bits per heavy atom. The molecule has 1 aromatic carbocycles. The molecular weight excluding hydrogens is 510 g/mol. The lowest BCUT2D eigenvalue weighted by molar-refractivity contribution is -0.174. The molecule has 0 spiro atoms. The highest BCUT2D eigenvalue weighted by atomic mass is 16.6. The summed E-state index contributed by atoms with van der Waals surface area (Å²) in [6.07, 6.45) is 0.0220. The lowest BCUT2D eigenvalue weighted by Gasteiger charge is -2.48. The van der Waals surface area contributed by atoms with Crippen LogP contribution in [0.3, 0.4) is 0 Å². The van der Waals surface area contributed by atoms with Crippen molar-refractivity contribution < 1.29 is 44.1 Å². The van der Waals surface area contributed by atoms with E-state index in [4.69, 9.17) is 10.2 Å². The predicted molar refractivity (Wildman–Crippen MR) is 138 cm³/mol. The van der Waals surface area contributed by atoms with Gasteiger partial charge in [-0.05, 0) is 48.9 Å². The molecule has 0 saturated heterocycles. The lowest BCUT2D eigenvalue weighted by atomic mass is 9.56. The largest absolute Gasteiger partial charge is 0.507 e. The van der Waals surface area contributed by atoms with Crippen LogP contribution in [0.4, 0.5) is 5.69 Å². The fourth-order valence-electron chi connectivity index (χ4n) is 6.23. The summed E-state index contributed by atoms with van der Waals surface area (Å²) in [4.78, 5) is 45.3. The lowest BCUT2D eigenvalue weighted by Crippen LogP contribution is -2.66. The number of aliphatic hydroxyl groups is 3. The SMILES string of the molecule is CO/N=C/c1ccc(-c2cc(N(C)C)c3c(c2O)C(O)=C2C(=O)[C@]4(O)C(=O)C(C(N)=O)C(O)C[C@@H]4C[C@@H]2C3)o1. The van der Waals surface area contributed by atoms with Gasteiger partial charge >= 0.3 is 0 Å². The zero-order valence-electron chi connectivity index (χ0n) is 21.5. The maximum Gasteiger partial charge on any atom is 0.230 e. The average Bonchev–Trinajstić information content (AvgIpc) is 3.33. The molecule has 5 atom stereocenters. The normalized spacial score (nSPS) is 28.2. The third kappa shape index (κ3) is 3.81. The van der Waals surface area contributed by atoms with Crippen molar-refractivity contribution in [2.45, 2.75) is 31.0 Å². The van der Waals surface area contributed by atoms with Gasteiger partial charge in [0, 0.05) is 31.3 Å². The molecule has 3 aliphatic rings. The van der Waals surface area contributed by atoms with Crippen molar-refractivity contribution in [3.8, 4) is 17.1 Å². The Balaban J connectivity index is 1.68. The Hall–Kier alpha value is -4.16. The van der Waals surface area contributed by atoms with Gasteiger partial charge in [-0.25, -0.2) is 0 Å².